The second kappa shape index (κ2) is 5.22. The number of ether oxygens (including phenoxy) is 1. The van der Waals surface area contributed by atoms with Crippen molar-refractivity contribution in [3.05, 3.63) is 58.7 Å². The number of methoxy groups -OCH3 is 1. The van der Waals surface area contributed by atoms with Crippen molar-refractivity contribution in [2.24, 2.45) is 0 Å². The summed E-state index contributed by atoms with van der Waals surface area (Å²) < 4.78 is 5.19. The first kappa shape index (κ1) is 13.6. The zero-order valence-corrected chi connectivity index (χ0v) is 12.0. The molecule has 1 unspecified atom stereocenters. The van der Waals surface area contributed by atoms with E-state index in [0.717, 1.165) is 27.9 Å². The average molecular weight is 283 g/mol. The monoisotopic (exact) mass is 283 g/mol. The van der Waals surface area contributed by atoms with Gasteiger partial charge in [0.1, 0.15) is 11.9 Å². The fraction of sp³-hybridized carbons (Fsp3) is 0.235. The maximum atomic E-state index is 11.5. The Morgan fingerprint density at radius 2 is 2.05 bits per heavy atom. The second-order valence-electron chi connectivity index (χ2n) is 5.28. The van der Waals surface area contributed by atoms with Gasteiger partial charge < -0.3 is 15.2 Å². The molecule has 2 N–H and O–H groups in total. The van der Waals surface area contributed by atoms with Gasteiger partial charge in [-0.05, 0) is 41.3 Å². The number of anilines is 1. The lowest BCUT2D eigenvalue weighted by molar-refractivity contribution is -0.115. The number of aliphatic hydroxyl groups excluding tert-OH is 1. The molecule has 0 aliphatic carbocycles. The molecule has 0 bridgehead atoms. The molecule has 2 aromatic carbocycles. The van der Waals surface area contributed by atoms with Crippen molar-refractivity contribution in [2.75, 3.05) is 12.4 Å². The highest BCUT2D eigenvalue weighted by Crippen LogP contribution is 2.33. The van der Waals surface area contributed by atoms with Crippen LogP contribution in [0.4, 0.5) is 5.69 Å². The summed E-state index contributed by atoms with van der Waals surface area (Å²) in [5.41, 5.74) is 4.34. The van der Waals surface area contributed by atoms with E-state index in [4.69, 9.17) is 4.74 Å². The third-order valence-corrected chi connectivity index (χ3v) is 3.78. The summed E-state index contributed by atoms with van der Waals surface area (Å²) in [4.78, 5) is 11.5. The molecule has 0 saturated carbocycles. The van der Waals surface area contributed by atoms with Crippen LogP contribution in [0.1, 0.15) is 28.4 Å². The molecule has 3 rings (SSSR count). The zero-order valence-electron chi connectivity index (χ0n) is 12.0. The van der Waals surface area contributed by atoms with Crippen LogP contribution < -0.4 is 10.1 Å². The number of aliphatic hydroxyl groups is 1. The van der Waals surface area contributed by atoms with Crippen LogP contribution >= 0.6 is 0 Å². The van der Waals surface area contributed by atoms with Crippen LogP contribution in [0.3, 0.4) is 0 Å². The fourth-order valence-corrected chi connectivity index (χ4v) is 2.73. The first-order chi connectivity index (χ1) is 10.1. The van der Waals surface area contributed by atoms with Gasteiger partial charge in [-0.3, -0.25) is 4.79 Å². The Morgan fingerprint density at radius 1 is 1.24 bits per heavy atom. The molecular formula is C17H17NO3. The topological polar surface area (TPSA) is 58.6 Å². The molecule has 1 heterocycles. The number of hydrogen-bond acceptors (Lipinski definition) is 3. The smallest absolute Gasteiger partial charge is 0.228 e. The van der Waals surface area contributed by atoms with Crippen LogP contribution in [0.15, 0.2) is 36.4 Å². The molecule has 1 aliphatic heterocycles. The van der Waals surface area contributed by atoms with E-state index in [1.54, 1.807) is 7.11 Å². The molecular weight excluding hydrogens is 266 g/mol. The maximum absolute atomic E-state index is 11.5. The van der Waals surface area contributed by atoms with Crippen LogP contribution in [-0.4, -0.2) is 18.1 Å². The minimum Gasteiger partial charge on any atom is -0.497 e. The maximum Gasteiger partial charge on any atom is 0.228 e. The van der Waals surface area contributed by atoms with Gasteiger partial charge in [0.15, 0.2) is 0 Å². The zero-order chi connectivity index (χ0) is 15.0. The van der Waals surface area contributed by atoms with Crippen molar-refractivity contribution < 1.29 is 14.6 Å². The highest BCUT2D eigenvalue weighted by molar-refractivity contribution is 6.00. The van der Waals surface area contributed by atoms with E-state index in [9.17, 15) is 9.90 Å². The standard InChI is InChI=1S/C17H17NO3/c1-10-6-13(7-12-9-15(19)18-16(10)12)17(20)11-4-3-5-14(8-11)21-2/h3-8,17,20H,9H2,1-2H3,(H,18,19). The van der Waals surface area contributed by atoms with Crippen molar-refractivity contribution >= 4 is 11.6 Å². The van der Waals surface area contributed by atoms with Crippen LogP contribution in [0.5, 0.6) is 5.75 Å². The normalized spacial score (nSPS) is 14.5. The summed E-state index contributed by atoms with van der Waals surface area (Å²) in [5.74, 6) is 0.711. The minimum absolute atomic E-state index is 0.00104. The molecule has 1 aliphatic rings. The van der Waals surface area contributed by atoms with Crippen LogP contribution in [0.2, 0.25) is 0 Å². The Hall–Kier alpha value is -2.33. The average Bonchev–Trinajstić information content (AvgIpc) is 2.87. The Labute approximate surface area is 123 Å². The van der Waals surface area contributed by atoms with Gasteiger partial charge in [-0.1, -0.05) is 24.3 Å². The molecule has 1 amide bonds. The van der Waals surface area contributed by atoms with Gasteiger partial charge in [-0.2, -0.15) is 0 Å². The molecule has 4 nitrogen and oxygen atoms in total. The molecule has 0 saturated heterocycles. The number of carbonyl (C=O) groups is 1. The molecule has 21 heavy (non-hydrogen) atoms. The van der Waals surface area contributed by atoms with Crippen molar-refractivity contribution in [1.82, 2.24) is 0 Å². The van der Waals surface area contributed by atoms with E-state index in [-0.39, 0.29) is 5.91 Å². The van der Waals surface area contributed by atoms with E-state index in [2.05, 4.69) is 5.32 Å². The molecule has 0 fully saturated rings. The van der Waals surface area contributed by atoms with Gasteiger partial charge in [-0.15, -0.1) is 0 Å². The van der Waals surface area contributed by atoms with Gasteiger partial charge in [0.25, 0.3) is 0 Å². The summed E-state index contributed by atoms with van der Waals surface area (Å²) in [6.45, 7) is 1.94. The molecule has 1 atom stereocenters. The number of benzene rings is 2. The van der Waals surface area contributed by atoms with Crippen LogP contribution in [0.25, 0.3) is 0 Å². The third-order valence-electron chi connectivity index (χ3n) is 3.78. The predicted octanol–water partition coefficient (Wildman–Crippen LogP) is 2.58. The van der Waals surface area contributed by atoms with E-state index >= 15 is 0 Å². The number of amides is 1. The molecule has 108 valence electrons. The number of fused-ring (bicyclic) bond motifs is 1. The Kier molecular flexibility index (Phi) is 3.39. The Balaban J connectivity index is 1.98. The summed E-state index contributed by atoms with van der Waals surface area (Å²) in [6.07, 6.45) is -0.366. The molecule has 4 heteroatoms. The lowest BCUT2D eigenvalue weighted by Crippen LogP contribution is -2.04. The first-order valence-corrected chi connectivity index (χ1v) is 6.84. The number of carbonyl (C=O) groups excluding carboxylic acids is 1. The SMILES string of the molecule is COc1cccc(C(O)c2cc(C)c3c(c2)CC(=O)N3)c1. The Morgan fingerprint density at radius 3 is 2.81 bits per heavy atom. The third kappa shape index (κ3) is 2.50. The van der Waals surface area contributed by atoms with E-state index in [1.165, 1.54) is 0 Å². The van der Waals surface area contributed by atoms with Gasteiger partial charge in [0, 0.05) is 5.69 Å². The van der Waals surface area contributed by atoms with Gasteiger partial charge >= 0.3 is 0 Å². The number of rotatable bonds is 3. The Bertz CT molecular complexity index is 709. The summed E-state index contributed by atoms with van der Waals surface area (Å²) in [6, 6.07) is 11.2. The lowest BCUT2D eigenvalue weighted by atomic mass is 9.96. The van der Waals surface area contributed by atoms with Crippen molar-refractivity contribution in [3.8, 4) is 5.75 Å². The van der Waals surface area contributed by atoms with Crippen molar-refractivity contribution in [2.45, 2.75) is 19.4 Å². The van der Waals surface area contributed by atoms with Crippen LogP contribution in [-0.2, 0) is 11.2 Å². The predicted molar refractivity (Wildman–Crippen MR) is 80.6 cm³/mol. The number of hydrogen-bond donors (Lipinski definition) is 2. The van der Waals surface area contributed by atoms with Gasteiger partial charge in [-0.25, -0.2) is 0 Å². The highest BCUT2D eigenvalue weighted by atomic mass is 16.5. The molecule has 0 aromatic heterocycles. The first-order valence-electron chi connectivity index (χ1n) is 6.84. The summed E-state index contributed by atoms with van der Waals surface area (Å²) >= 11 is 0. The van der Waals surface area contributed by atoms with Crippen molar-refractivity contribution in [3.63, 3.8) is 0 Å². The molecule has 0 radical (unpaired) electrons. The van der Waals surface area contributed by atoms with Crippen molar-refractivity contribution in [1.29, 1.82) is 0 Å². The quantitative estimate of drug-likeness (QED) is 0.910. The number of nitrogens with one attached hydrogen (secondary N) is 1. The van der Waals surface area contributed by atoms with Crippen LogP contribution in [0, 0.1) is 6.92 Å². The minimum atomic E-state index is -0.736. The summed E-state index contributed by atoms with van der Waals surface area (Å²) in [5, 5.41) is 13.4. The summed E-state index contributed by atoms with van der Waals surface area (Å²) in [7, 11) is 1.60. The second-order valence-corrected chi connectivity index (χ2v) is 5.28. The number of aryl methyl sites for hydroxylation is 1. The van der Waals surface area contributed by atoms with E-state index in [0.29, 0.717) is 12.2 Å². The molecule has 0 spiro atoms. The van der Waals surface area contributed by atoms with E-state index in [1.807, 2.05) is 43.3 Å². The lowest BCUT2D eigenvalue weighted by Gasteiger charge is -2.15. The highest BCUT2D eigenvalue weighted by Gasteiger charge is 2.22. The van der Waals surface area contributed by atoms with Gasteiger partial charge in [0.05, 0.1) is 13.5 Å². The molecule has 2 aromatic rings. The fourth-order valence-electron chi connectivity index (χ4n) is 2.73. The van der Waals surface area contributed by atoms with Gasteiger partial charge in [0.2, 0.25) is 5.91 Å². The largest absolute Gasteiger partial charge is 0.497 e. The van der Waals surface area contributed by atoms with E-state index < -0.39 is 6.10 Å².